The van der Waals surface area contributed by atoms with Crippen LogP contribution in [0.1, 0.15) is 12.5 Å². The van der Waals surface area contributed by atoms with Crippen LogP contribution in [0.2, 0.25) is 0 Å². The Kier molecular flexibility index (Phi) is 9.82. The summed E-state index contributed by atoms with van der Waals surface area (Å²) in [7, 11) is 1.00. The van der Waals surface area contributed by atoms with E-state index in [4.69, 9.17) is 15.6 Å². The van der Waals surface area contributed by atoms with Crippen LogP contribution >= 0.6 is 23.5 Å². The van der Waals surface area contributed by atoms with Gasteiger partial charge in [0.2, 0.25) is 0 Å². The van der Waals surface area contributed by atoms with E-state index in [2.05, 4.69) is 19.1 Å². The summed E-state index contributed by atoms with van der Waals surface area (Å²) in [4.78, 5) is 1.27. The largest absolute Gasteiger partial charge is 0.457 e. The molecule has 0 unspecified atom stereocenters. The van der Waals surface area contributed by atoms with Gasteiger partial charge in [0.05, 0.1) is 0 Å². The fourth-order valence-electron chi connectivity index (χ4n) is 1.63. The highest BCUT2D eigenvalue weighted by Crippen LogP contribution is 2.27. The average molecular weight is 338 g/mol. The van der Waals surface area contributed by atoms with Gasteiger partial charge >= 0.3 is 0 Å². The fourth-order valence-corrected chi connectivity index (χ4v) is 3.50. The van der Waals surface area contributed by atoms with Gasteiger partial charge in [-0.25, -0.2) is 0 Å². The Morgan fingerprint density at radius 1 is 0.955 bits per heavy atom. The molecule has 2 rings (SSSR count). The molecular formula is C17H23NO2S2. The third kappa shape index (κ3) is 6.75. The van der Waals surface area contributed by atoms with Crippen molar-refractivity contribution in [1.29, 1.82) is 0 Å². The first-order valence-corrected chi connectivity index (χ1v) is 9.18. The normalized spacial score (nSPS) is 9.82. The van der Waals surface area contributed by atoms with Crippen molar-refractivity contribution in [3.05, 3.63) is 54.1 Å². The summed E-state index contributed by atoms with van der Waals surface area (Å²) in [5.41, 5.74) is 6.68. The topological polar surface area (TPSA) is 55.5 Å². The van der Waals surface area contributed by atoms with E-state index in [1.54, 1.807) is 0 Å². The molecule has 0 aliphatic heterocycles. The quantitative estimate of drug-likeness (QED) is 0.447. The predicted molar refractivity (Wildman–Crippen MR) is 97.8 cm³/mol. The third-order valence-corrected chi connectivity index (χ3v) is 4.88. The van der Waals surface area contributed by atoms with Gasteiger partial charge in [-0.15, -0.1) is 11.8 Å². The SMILES string of the molecule is CCSCSc1ccc(Oc2ccc(CN)cc2)cc1.CO. The second kappa shape index (κ2) is 11.4. The number of hydrogen-bond donors (Lipinski definition) is 2. The minimum Gasteiger partial charge on any atom is -0.457 e. The first-order valence-electron chi connectivity index (χ1n) is 7.04. The van der Waals surface area contributed by atoms with Crippen LogP contribution in [-0.2, 0) is 6.54 Å². The van der Waals surface area contributed by atoms with Gasteiger partial charge in [0.1, 0.15) is 11.5 Å². The summed E-state index contributed by atoms with van der Waals surface area (Å²) in [6.45, 7) is 2.74. The van der Waals surface area contributed by atoms with Crippen LogP contribution in [0.3, 0.4) is 0 Å². The standard InChI is InChI=1S/C16H19NOS2.CH4O/c1-2-19-12-20-16-9-7-15(8-10-16)18-14-5-3-13(11-17)4-6-14;1-2/h3-10H,2,11-12,17H2,1H3;2H,1H3. The average Bonchev–Trinajstić information content (AvgIpc) is 2.59. The molecule has 120 valence electrons. The highest BCUT2D eigenvalue weighted by Gasteiger charge is 1.99. The van der Waals surface area contributed by atoms with E-state index in [1.807, 2.05) is 59.9 Å². The lowest BCUT2D eigenvalue weighted by molar-refractivity contribution is 0.399. The lowest BCUT2D eigenvalue weighted by atomic mass is 10.2. The molecule has 0 aliphatic rings. The van der Waals surface area contributed by atoms with Gasteiger partial charge in [-0.3, -0.25) is 0 Å². The predicted octanol–water partition coefficient (Wildman–Crippen LogP) is 4.35. The van der Waals surface area contributed by atoms with Crippen LogP contribution in [-0.4, -0.2) is 23.1 Å². The molecule has 0 heterocycles. The molecule has 2 aromatic carbocycles. The lowest BCUT2D eigenvalue weighted by Crippen LogP contribution is -1.95. The Bertz CT molecular complexity index is 515. The van der Waals surface area contributed by atoms with Gasteiger partial charge in [0.15, 0.2) is 0 Å². The van der Waals surface area contributed by atoms with E-state index < -0.39 is 0 Å². The highest BCUT2D eigenvalue weighted by atomic mass is 32.2. The zero-order valence-corrected chi connectivity index (χ0v) is 14.6. The molecule has 0 spiro atoms. The second-order valence-corrected chi connectivity index (χ2v) is 6.87. The number of benzene rings is 2. The second-order valence-electron chi connectivity index (χ2n) is 4.18. The Hall–Kier alpha value is -1.14. The van der Waals surface area contributed by atoms with Crippen LogP contribution in [0.5, 0.6) is 11.5 Å². The van der Waals surface area contributed by atoms with Crippen LogP contribution in [0.25, 0.3) is 0 Å². The zero-order chi connectivity index (χ0) is 16.2. The fraction of sp³-hybridized carbons (Fsp3) is 0.294. The van der Waals surface area contributed by atoms with Gasteiger partial charge in [-0.2, -0.15) is 11.8 Å². The van der Waals surface area contributed by atoms with Gasteiger partial charge in [-0.1, -0.05) is 19.1 Å². The maximum absolute atomic E-state index is 7.00. The number of ether oxygens (including phenoxy) is 1. The van der Waals surface area contributed by atoms with Gasteiger partial charge in [-0.05, 0) is 47.7 Å². The molecule has 0 atom stereocenters. The van der Waals surface area contributed by atoms with E-state index in [0.29, 0.717) is 6.54 Å². The summed E-state index contributed by atoms with van der Waals surface area (Å²) < 4.78 is 5.80. The monoisotopic (exact) mass is 337 g/mol. The molecule has 0 radical (unpaired) electrons. The summed E-state index contributed by atoms with van der Waals surface area (Å²) >= 11 is 3.79. The Balaban J connectivity index is 0.00000116. The highest BCUT2D eigenvalue weighted by molar-refractivity contribution is 8.16. The number of aliphatic hydroxyl groups is 1. The van der Waals surface area contributed by atoms with E-state index in [9.17, 15) is 0 Å². The minimum absolute atomic E-state index is 0.558. The molecule has 5 heteroatoms. The zero-order valence-electron chi connectivity index (χ0n) is 13.0. The van der Waals surface area contributed by atoms with Crippen molar-refractivity contribution in [1.82, 2.24) is 0 Å². The van der Waals surface area contributed by atoms with E-state index in [0.717, 1.165) is 35.0 Å². The molecule has 3 N–H and O–H groups in total. The molecular weight excluding hydrogens is 314 g/mol. The first-order chi connectivity index (χ1) is 10.8. The molecule has 0 saturated carbocycles. The lowest BCUT2D eigenvalue weighted by Gasteiger charge is -2.07. The van der Waals surface area contributed by atoms with E-state index in [1.165, 1.54) is 4.90 Å². The van der Waals surface area contributed by atoms with E-state index >= 15 is 0 Å². The minimum atomic E-state index is 0.558. The molecule has 0 fully saturated rings. The van der Waals surface area contributed by atoms with Crippen molar-refractivity contribution in [2.24, 2.45) is 5.73 Å². The Labute approximate surface area is 141 Å². The van der Waals surface area contributed by atoms with Crippen LogP contribution in [0.4, 0.5) is 0 Å². The Morgan fingerprint density at radius 2 is 1.50 bits per heavy atom. The third-order valence-electron chi connectivity index (χ3n) is 2.73. The molecule has 22 heavy (non-hydrogen) atoms. The summed E-state index contributed by atoms with van der Waals surface area (Å²) in [6, 6.07) is 16.1. The van der Waals surface area contributed by atoms with Crippen LogP contribution in [0.15, 0.2) is 53.4 Å². The molecule has 0 saturated heterocycles. The molecule has 0 aromatic heterocycles. The van der Waals surface area contributed by atoms with Gasteiger partial charge < -0.3 is 15.6 Å². The van der Waals surface area contributed by atoms with Crippen molar-refractivity contribution in [3.63, 3.8) is 0 Å². The van der Waals surface area contributed by atoms with Crippen LogP contribution < -0.4 is 10.5 Å². The number of thioether (sulfide) groups is 2. The van der Waals surface area contributed by atoms with Gasteiger partial charge in [0.25, 0.3) is 0 Å². The summed E-state index contributed by atoms with van der Waals surface area (Å²) in [5, 5.41) is 8.09. The number of aliphatic hydroxyl groups excluding tert-OH is 1. The maximum atomic E-state index is 7.00. The van der Waals surface area contributed by atoms with Crippen molar-refractivity contribution in [3.8, 4) is 11.5 Å². The Morgan fingerprint density at radius 3 is 2.00 bits per heavy atom. The first kappa shape index (κ1) is 18.9. The summed E-state index contributed by atoms with van der Waals surface area (Å²) in [5.74, 6) is 2.86. The van der Waals surface area contributed by atoms with Crippen molar-refractivity contribution >= 4 is 23.5 Å². The van der Waals surface area contributed by atoms with Crippen molar-refractivity contribution in [2.45, 2.75) is 18.4 Å². The maximum Gasteiger partial charge on any atom is 0.127 e. The molecule has 0 amide bonds. The van der Waals surface area contributed by atoms with Crippen molar-refractivity contribution in [2.75, 3.05) is 17.9 Å². The molecule has 0 aliphatic carbocycles. The number of hydrogen-bond acceptors (Lipinski definition) is 5. The molecule has 2 aromatic rings. The van der Waals surface area contributed by atoms with Crippen molar-refractivity contribution < 1.29 is 9.84 Å². The number of rotatable bonds is 7. The van der Waals surface area contributed by atoms with Crippen LogP contribution in [0, 0.1) is 0 Å². The molecule has 3 nitrogen and oxygen atoms in total. The van der Waals surface area contributed by atoms with E-state index in [-0.39, 0.29) is 0 Å². The molecule has 0 bridgehead atoms. The summed E-state index contributed by atoms with van der Waals surface area (Å²) in [6.07, 6.45) is 0. The van der Waals surface area contributed by atoms with Gasteiger partial charge in [0, 0.05) is 23.6 Å². The smallest absolute Gasteiger partial charge is 0.127 e. The number of nitrogens with two attached hydrogens (primary N) is 1.